The lowest BCUT2D eigenvalue weighted by Crippen LogP contribution is -2.24. The van der Waals surface area contributed by atoms with Crippen LogP contribution in [0.3, 0.4) is 0 Å². The number of thiazole rings is 1. The molecule has 2 heterocycles. The number of para-hydroxylation sites is 1. The highest BCUT2D eigenvalue weighted by molar-refractivity contribution is 7.98. The van der Waals surface area contributed by atoms with Gasteiger partial charge < -0.3 is 10.1 Å². The first kappa shape index (κ1) is 24.0. The summed E-state index contributed by atoms with van der Waals surface area (Å²) in [6.07, 6.45) is 3.22. The monoisotopic (exact) mass is 493 g/mol. The van der Waals surface area contributed by atoms with E-state index in [9.17, 15) is 4.79 Å². The molecule has 1 amide bonds. The summed E-state index contributed by atoms with van der Waals surface area (Å²) >= 11 is 3.03. The van der Waals surface area contributed by atoms with Crippen LogP contribution in [0.2, 0.25) is 0 Å². The first-order valence-corrected chi connectivity index (χ1v) is 13.1. The van der Waals surface area contributed by atoms with Crippen LogP contribution in [0.1, 0.15) is 41.7 Å². The Labute approximate surface area is 207 Å². The molecular formula is C25H27N5O2S2. The summed E-state index contributed by atoms with van der Waals surface area (Å²) in [6.45, 7) is 2.83. The quantitative estimate of drug-likeness (QED) is 0.216. The number of methoxy groups -OCH3 is 1. The van der Waals surface area contributed by atoms with Gasteiger partial charge in [0.05, 0.1) is 12.9 Å². The van der Waals surface area contributed by atoms with E-state index in [1.807, 2.05) is 64.5 Å². The predicted octanol–water partition coefficient (Wildman–Crippen LogP) is 5.61. The van der Waals surface area contributed by atoms with Crippen molar-refractivity contribution in [2.24, 2.45) is 0 Å². The van der Waals surface area contributed by atoms with Gasteiger partial charge in [-0.05, 0) is 30.7 Å². The van der Waals surface area contributed by atoms with E-state index >= 15 is 0 Å². The number of rotatable bonds is 11. The van der Waals surface area contributed by atoms with Gasteiger partial charge in [0.15, 0.2) is 11.0 Å². The van der Waals surface area contributed by atoms with Gasteiger partial charge in [0.25, 0.3) is 5.91 Å². The van der Waals surface area contributed by atoms with Crippen molar-refractivity contribution in [3.63, 3.8) is 0 Å². The molecular weight excluding hydrogens is 466 g/mol. The maximum atomic E-state index is 12.3. The molecule has 176 valence electrons. The van der Waals surface area contributed by atoms with Crippen LogP contribution in [-0.2, 0) is 5.75 Å². The molecule has 0 saturated heterocycles. The standard InChI is InChI=1S/C25H27N5O2S2/c1-3-4-8-14-26-24(31)21-16-33-22(27-21)17-34-25-29-28-23(18-10-9-13-20(15-18)32-2)30(25)19-11-6-5-7-12-19/h5-7,9-13,15-16H,3-4,8,14,17H2,1-2H3,(H,26,31). The summed E-state index contributed by atoms with van der Waals surface area (Å²) in [4.78, 5) is 16.9. The molecule has 9 heteroatoms. The molecule has 7 nitrogen and oxygen atoms in total. The number of ether oxygens (including phenoxy) is 1. The number of nitrogens with zero attached hydrogens (tertiary/aromatic N) is 4. The molecule has 34 heavy (non-hydrogen) atoms. The lowest BCUT2D eigenvalue weighted by atomic mass is 10.2. The predicted molar refractivity (Wildman–Crippen MR) is 137 cm³/mol. The Morgan fingerprint density at radius 2 is 1.97 bits per heavy atom. The van der Waals surface area contributed by atoms with Gasteiger partial charge in [0, 0.05) is 23.2 Å². The van der Waals surface area contributed by atoms with Crippen LogP contribution >= 0.6 is 23.1 Å². The Morgan fingerprint density at radius 1 is 1.12 bits per heavy atom. The average molecular weight is 494 g/mol. The fraction of sp³-hybridized carbons (Fsp3) is 0.280. The molecule has 0 aliphatic heterocycles. The number of amides is 1. The maximum absolute atomic E-state index is 12.3. The van der Waals surface area contributed by atoms with E-state index in [4.69, 9.17) is 4.74 Å². The summed E-state index contributed by atoms with van der Waals surface area (Å²) in [6, 6.07) is 17.8. The molecule has 2 aromatic carbocycles. The van der Waals surface area contributed by atoms with Gasteiger partial charge in [0.2, 0.25) is 0 Å². The summed E-state index contributed by atoms with van der Waals surface area (Å²) < 4.78 is 7.43. The van der Waals surface area contributed by atoms with Gasteiger partial charge in [-0.15, -0.1) is 21.5 Å². The molecule has 0 radical (unpaired) electrons. The average Bonchev–Trinajstić information content (AvgIpc) is 3.53. The lowest BCUT2D eigenvalue weighted by molar-refractivity contribution is 0.0948. The van der Waals surface area contributed by atoms with Crippen molar-refractivity contribution in [2.75, 3.05) is 13.7 Å². The second kappa shape index (κ2) is 11.8. The van der Waals surface area contributed by atoms with Crippen molar-refractivity contribution in [3.05, 3.63) is 70.7 Å². The van der Waals surface area contributed by atoms with Gasteiger partial charge >= 0.3 is 0 Å². The largest absolute Gasteiger partial charge is 0.497 e. The Balaban J connectivity index is 1.52. The second-order valence-electron chi connectivity index (χ2n) is 7.59. The molecule has 0 spiro atoms. The zero-order valence-corrected chi connectivity index (χ0v) is 20.9. The van der Waals surface area contributed by atoms with E-state index < -0.39 is 0 Å². The summed E-state index contributed by atoms with van der Waals surface area (Å²) in [5.41, 5.74) is 2.36. The Kier molecular flexibility index (Phi) is 8.32. The maximum Gasteiger partial charge on any atom is 0.270 e. The van der Waals surface area contributed by atoms with Crippen LogP contribution in [0.15, 0.2) is 65.1 Å². The molecule has 4 aromatic rings. The molecule has 0 atom stereocenters. The number of thioether (sulfide) groups is 1. The van der Waals surface area contributed by atoms with Gasteiger partial charge in [-0.3, -0.25) is 9.36 Å². The topological polar surface area (TPSA) is 81.9 Å². The number of unbranched alkanes of at least 4 members (excludes halogenated alkanes) is 2. The zero-order chi connectivity index (χ0) is 23.8. The molecule has 0 aliphatic carbocycles. The smallest absolute Gasteiger partial charge is 0.270 e. The SMILES string of the molecule is CCCCCNC(=O)c1csc(CSc2nnc(-c3cccc(OC)c3)n2-c2ccccc2)n1. The van der Waals surface area contributed by atoms with E-state index in [-0.39, 0.29) is 5.91 Å². The van der Waals surface area contributed by atoms with E-state index in [1.165, 1.54) is 11.3 Å². The fourth-order valence-corrected chi connectivity index (χ4v) is 5.14. The first-order chi connectivity index (χ1) is 16.7. The number of hydrogen-bond acceptors (Lipinski definition) is 7. The summed E-state index contributed by atoms with van der Waals surface area (Å²) in [5.74, 6) is 1.98. The molecule has 0 fully saturated rings. The van der Waals surface area contributed by atoms with Gasteiger partial charge in [-0.2, -0.15) is 0 Å². The van der Waals surface area contributed by atoms with Crippen molar-refractivity contribution in [2.45, 2.75) is 37.1 Å². The number of benzene rings is 2. The molecule has 0 unspecified atom stereocenters. The van der Waals surface area contributed by atoms with Crippen LogP contribution < -0.4 is 10.1 Å². The van der Waals surface area contributed by atoms with Crippen LogP contribution in [0, 0.1) is 0 Å². The molecule has 1 N–H and O–H groups in total. The van der Waals surface area contributed by atoms with Crippen LogP contribution in [0.25, 0.3) is 17.1 Å². The highest BCUT2D eigenvalue weighted by Crippen LogP contribution is 2.31. The van der Waals surface area contributed by atoms with E-state index in [2.05, 4.69) is 27.4 Å². The number of carbonyl (C=O) groups is 1. The third kappa shape index (κ3) is 5.84. The molecule has 4 rings (SSSR count). The van der Waals surface area contributed by atoms with Gasteiger partial charge in [-0.25, -0.2) is 4.98 Å². The van der Waals surface area contributed by atoms with E-state index in [0.29, 0.717) is 18.0 Å². The minimum Gasteiger partial charge on any atom is -0.497 e. The van der Waals surface area contributed by atoms with Crippen molar-refractivity contribution in [1.82, 2.24) is 25.1 Å². The summed E-state index contributed by atoms with van der Waals surface area (Å²) in [5, 5.41) is 15.3. The van der Waals surface area contributed by atoms with E-state index in [1.54, 1.807) is 18.9 Å². The minimum atomic E-state index is -0.114. The third-order valence-electron chi connectivity index (χ3n) is 5.15. The van der Waals surface area contributed by atoms with Gasteiger partial charge in [-0.1, -0.05) is 61.9 Å². The van der Waals surface area contributed by atoms with E-state index in [0.717, 1.165) is 52.3 Å². The second-order valence-corrected chi connectivity index (χ2v) is 9.47. The highest BCUT2D eigenvalue weighted by Gasteiger charge is 2.18. The highest BCUT2D eigenvalue weighted by atomic mass is 32.2. The van der Waals surface area contributed by atoms with Gasteiger partial charge in [0.1, 0.15) is 16.5 Å². The van der Waals surface area contributed by atoms with Crippen molar-refractivity contribution >= 4 is 29.0 Å². The fourth-order valence-electron chi connectivity index (χ4n) is 3.40. The Morgan fingerprint density at radius 3 is 2.76 bits per heavy atom. The van der Waals surface area contributed by atoms with Crippen molar-refractivity contribution in [1.29, 1.82) is 0 Å². The Hall–Kier alpha value is -3.17. The first-order valence-electron chi connectivity index (χ1n) is 11.2. The minimum absolute atomic E-state index is 0.114. The lowest BCUT2D eigenvalue weighted by Gasteiger charge is -2.10. The molecule has 2 aromatic heterocycles. The third-order valence-corrected chi connectivity index (χ3v) is 7.12. The van der Waals surface area contributed by atoms with Crippen molar-refractivity contribution < 1.29 is 9.53 Å². The zero-order valence-electron chi connectivity index (χ0n) is 19.2. The Bertz CT molecular complexity index is 1220. The normalized spacial score (nSPS) is 10.9. The van der Waals surface area contributed by atoms with Crippen LogP contribution in [0.4, 0.5) is 0 Å². The number of nitrogens with one attached hydrogen (secondary N) is 1. The number of carbonyl (C=O) groups excluding carboxylic acids is 1. The summed E-state index contributed by atoms with van der Waals surface area (Å²) in [7, 11) is 1.65. The van der Waals surface area contributed by atoms with Crippen LogP contribution in [-0.4, -0.2) is 39.3 Å². The number of hydrogen-bond donors (Lipinski definition) is 1. The number of aromatic nitrogens is 4. The molecule has 0 bridgehead atoms. The molecule has 0 saturated carbocycles. The van der Waals surface area contributed by atoms with Crippen LogP contribution in [0.5, 0.6) is 5.75 Å². The van der Waals surface area contributed by atoms with Crippen molar-refractivity contribution in [3.8, 4) is 22.8 Å². The molecule has 0 aliphatic rings.